The molecule has 0 spiro atoms. The summed E-state index contributed by atoms with van der Waals surface area (Å²) < 4.78 is 0. The van der Waals surface area contributed by atoms with E-state index in [2.05, 4.69) is 36.9 Å². The molecule has 0 N–H and O–H groups in total. The SMILES string of the molecule is N#Cc1ccnc(N2CC3CC2CN3Cc2ccccn2)n1. The van der Waals surface area contributed by atoms with Gasteiger partial charge in [0.15, 0.2) is 0 Å². The van der Waals surface area contributed by atoms with Crippen molar-refractivity contribution in [3.8, 4) is 6.07 Å². The van der Waals surface area contributed by atoms with E-state index in [9.17, 15) is 0 Å². The summed E-state index contributed by atoms with van der Waals surface area (Å²) in [6.07, 6.45) is 4.64. The molecule has 4 heterocycles. The van der Waals surface area contributed by atoms with Gasteiger partial charge >= 0.3 is 0 Å². The summed E-state index contributed by atoms with van der Waals surface area (Å²) >= 11 is 0. The Labute approximate surface area is 129 Å². The van der Waals surface area contributed by atoms with Gasteiger partial charge in [0.05, 0.1) is 5.69 Å². The van der Waals surface area contributed by atoms with Crippen LogP contribution in [0, 0.1) is 11.3 Å². The zero-order valence-corrected chi connectivity index (χ0v) is 12.1. The molecule has 0 aromatic carbocycles. The smallest absolute Gasteiger partial charge is 0.226 e. The molecule has 4 rings (SSSR count). The highest BCUT2D eigenvalue weighted by Gasteiger charge is 2.44. The van der Waals surface area contributed by atoms with Crippen LogP contribution in [0.5, 0.6) is 0 Å². The number of hydrogen-bond acceptors (Lipinski definition) is 6. The summed E-state index contributed by atoms with van der Waals surface area (Å²) in [5.74, 6) is 0.684. The van der Waals surface area contributed by atoms with E-state index in [0.29, 0.717) is 23.7 Å². The van der Waals surface area contributed by atoms with Crippen molar-refractivity contribution in [2.24, 2.45) is 0 Å². The first-order valence-corrected chi connectivity index (χ1v) is 7.47. The van der Waals surface area contributed by atoms with Crippen LogP contribution in [0.1, 0.15) is 17.8 Å². The molecule has 6 nitrogen and oxygen atoms in total. The molecular weight excluding hydrogens is 276 g/mol. The third kappa shape index (κ3) is 2.30. The van der Waals surface area contributed by atoms with Crippen LogP contribution in [0.2, 0.25) is 0 Å². The lowest BCUT2D eigenvalue weighted by Crippen LogP contribution is -2.46. The lowest BCUT2D eigenvalue weighted by atomic mass is 10.2. The first-order valence-electron chi connectivity index (χ1n) is 7.47. The first kappa shape index (κ1) is 13.2. The molecule has 0 amide bonds. The number of anilines is 1. The van der Waals surface area contributed by atoms with Gasteiger partial charge in [0, 0.05) is 44.1 Å². The summed E-state index contributed by atoms with van der Waals surface area (Å²) in [5.41, 5.74) is 1.54. The average molecular weight is 292 g/mol. The molecule has 6 heteroatoms. The predicted molar refractivity (Wildman–Crippen MR) is 80.9 cm³/mol. The second-order valence-corrected chi connectivity index (χ2v) is 5.80. The van der Waals surface area contributed by atoms with Crippen LogP contribution < -0.4 is 4.90 Å². The van der Waals surface area contributed by atoms with Crippen LogP contribution in [0.25, 0.3) is 0 Å². The van der Waals surface area contributed by atoms with E-state index in [4.69, 9.17) is 5.26 Å². The van der Waals surface area contributed by atoms with Gasteiger partial charge in [0.2, 0.25) is 5.95 Å². The minimum atomic E-state index is 0.429. The fourth-order valence-corrected chi connectivity index (χ4v) is 3.44. The van der Waals surface area contributed by atoms with E-state index < -0.39 is 0 Å². The predicted octanol–water partition coefficient (Wildman–Crippen LogP) is 1.21. The summed E-state index contributed by atoms with van der Waals surface area (Å²) in [4.78, 5) is 17.8. The third-order valence-electron chi connectivity index (χ3n) is 4.46. The van der Waals surface area contributed by atoms with Gasteiger partial charge in [-0.15, -0.1) is 0 Å². The summed E-state index contributed by atoms with van der Waals surface area (Å²) in [7, 11) is 0. The van der Waals surface area contributed by atoms with E-state index >= 15 is 0 Å². The number of likely N-dealkylation sites (tertiary alicyclic amines) is 1. The van der Waals surface area contributed by atoms with Crippen LogP contribution in [0.3, 0.4) is 0 Å². The Morgan fingerprint density at radius 3 is 2.82 bits per heavy atom. The van der Waals surface area contributed by atoms with E-state index in [-0.39, 0.29) is 0 Å². The number of piperazine rings is 1. The Kier molecular flexibility index (Phi) is 3.20. The fraction of sp³-hybridized carbons (Fsp3) is 0.375. The van der Waals surface area contributed by atoms with E-state index in [1.54, 1.807) is 12.3 Å². The monoisotopic (exact) mass is 292 g/mol. The van der Waals surface area contributed by atoms with Crippen LogP contribution in [-0.4, -0.2) is 45.0 Å². The van der Waals surface area contributed by atoms with Gasteiger partial charge in [-0.05, 0) is 24.6 Å². The van der Waals surface area contributed by atoms with Crippen LogP contribution >= 0.6 is 0 Å². The van der Waals surface area contributed by atoms with Crippen molar-refractivity contribution in [3.63, 3.8) is 0 Å². The third-order valence-corrected chi connectivity index (χ3v) is 4.46. The van der Waals surface area contributed by atoms with Crippen molar-refractivity contribution in [1.82, 2.24) is 19.9 Å². The maximum atomic E-state index is 8.97. The fourth-order valence-electron chi connectivity index (χ4n) is 3.44. The molecule has 2 aromatic heterocycles. The summed E-state index contributed by atoms with van der Waals surface area (Å²) in [6.45, 7) is 2.82. The lowest BCUT2D eigenvalue weighted by Gasteiger charge is -2.33. The number of nitriles is 1. The average Bonchev–Trinajstić information content (AvgIpc) is 3.16. The minimum absolute atomic E-state index is 0.429. The van der Waals surface area contributed by atoms with Gasteiger partial charge in [-0.3, -0.25) is 9.88 Å². The Bertz CT molecular complexity index is 710. The highest BCUT2D eigenvalue weighted by atomic mass is 15.4. The molecule has 2 saturated heterocycles. The van der Waals surface area contributed by atoms with Crippen molar-refractivity contribution in [2.45, 2.75) is 25.0 Å². The van der Waals surface area contributed by atoms with Crippen molar-refractivity contribution in [2.75, 3.05) is 18.0 Å². The van der Waals surface area contributed by atoms with Crippen LogP contribution in [0.15, 0.2) is 36.7 Å². The van der Waals surface area contributed by atoms with Crippen molar-refractivity contribution in [1.29, 1.82) is 5.26 Å². The number of pyridine rings is 1. The molecule has 2 bridgehead atoms. The molecule has 22 heavy (non-hydrogen) atoms. The van der Waals surface area contributed by atoms with Gasteiger partial charge in [-0.25, -0.2) is 9.97 Å². The first-order chi connectivity index (χ1) is 10.8. The van der Waals surface area contributed by atoms with Gasteiger partial charge < -0.3 is 4.90 Å². The Morgan fingerprint density at radius 2 is 2.09 bits per heavy atom. The van der Waals surface area contributed by atoms with Gasteiger partial charge in [0.1, 0.15) is 11.8 Å². The van der Waals surface area contributed by atoms with Gasteiger partial charge in [-0.1, -0.05) is 6.07 Å². The maximum absolute atomic E-state index is 8.97. The van der Waals surface area contributed by atoms with E-state index in [1.807, 2.05) is 18.3 Å². The van der Waals surface area contributed by atoms with Gasteiger partial charge in [0.25, 0.3) is 0 Å². The second-order valence-electron chi connectivity index (χ2n) is 5.80. The van der Waals surface area contributed by atoms with Crippen LogP contribution in [0.4, 0.5) is 5.95 Å². The van der Waals surface area contributed by atoms with Crippen molar-refractivity contribution in [3.05, 3.63) is 48.0 Å². The number of aromatic nitrogens is 3. The second kappa shape index (κ2) is 5.35. The largest absolute Gasteiger partial charge is 0.335 e. The molecule has 0 saturated carbocycles. The van der Waals surface area contributed by atoms with E-state index in [1.165, 1.54) is 0 Å². The van der Waals surface area contributed by atoms with Gasteiger partial charge in [-0.2, -0.15) is 5.26 Å². The number of fused-ring (bicyclic) bond motifs is 2. The maximum Gasteiger partial charge on any atom is 0.226 e. The number of rotatable bonds is 3. The van der Waals surface area contributed by atoms with E-state index in [0.717, 1.165) is 31.7 Å². The molecule has 0 radical (unpaired) electrons. The molecule has 2 aromatic rings. The van der Waals surface area contributed by atoms with Crippen molar-refractivity contribution < 1.29 is 0 Å². The molecule has 2 fully saturated rings. The highest BCUT2D eigenvalue weighted by molar-refractivity contribution is 5.39. The normalized spacial score (nSPS) is 23.7. The quantitative estimate of drug-likeness (QED) is 0.847. The summed E-state index contributed by atoms with van der Waals surface area (Å²) in [5, 5.41) is 8.97. The lowest BCUT2D eigenvalue weighted by molar-refractivity contribution is 0.227. The zero-order valence-electron chi connectivity index (χ0n) is 12.1. The minimum Gasteiger partial charge on any atom is -0.335 e. The van der Waals surface area contributed by atoms with Crippen LogP contribution in [-0.2, 0) is 6.54 Å². The Balaban J connectivity index is 1.47. The Morgan fingerprint density at radius 1 is 1.14 bits per heavy atom. The standard InChI is InChI=1S/C16H16N6/c17-8-12-4-6-19-16(20-12)22-11-14-7-15(22)10-21(14)9-13-3-1-2-5-18-13/h1-6,14-15H,7,9-11H2. The topological polar surface area (TPSA) is 68.9 Å². The summed E-state index contributed by atoms with van der Waals surface area (Å²) in [6, 6.07) is 10.7. The molecule has 110 valence electrons. The highest BCUT2D eigenvalue weighted by Crippen LogP contribution is 2.33. The molecular formula is C16H16N6. The number of hydrogen-bond donors (Lipinski definition) is 0. The molecule has 2 atom stereocenters. The number of nitrogens with zero attached hydrogens (tertiary/aromatic N) is 6. The molecule has 2 aliphatic rings. The molecule has 2 unspecified atom stereocenters. The zero-order chi connectivity index (χ0) is 14.9. The van der Waals surface area contributed by atoms with Crippen molar-refractivity contribution >= 4 is 5.95 Å². The Hall–Kier alpha value is -2.52. The molecule has 2 aliphatic heterocycles. The molecule has 0 aliphatic carbocycles.